The molecule has 1 aromatic rings. The minimum Gasteiger partial charge on any atom is -0.335 e. The zero-order valence-electron chi connectivity index (χ0n) is 15.3. The molecule has 0 spiro atoms. The smallest absolute Gasteiger partial charge is 0.315 e. The lowest BCUT2D eigenvalue weighted by Crippen LogP contribution is -2.49. The van der Waals surface area contributed by atoms with E-state index in [1.807, 2.05) is 12.1 Å². The Bertz CT molecular complexity index is 681. The van der Waals surface area contributed by atoms with Crippen molar-refractivity contribution < 1.29 is 13.2 Å². The van der Waals surface area contributed by atoms with Crippen molar-refractivity contribution >= 4 is 16.1 Å². The molecule has 0 unspecified atom stereocenters. The van der Waals surface area contributed by atoms with Crippen LogP contribution in [-0.2, 0) is 16.6 Å². The van der Waals surface area contributed by atoms with Gasteiger partial charge in [-0.25, -0.2) is 17.5 Å². The van der Waals surface area contributed by atoms with Gasteiger partial charge < -0.3 is 10.6 Å². The van der Waals surface area contributed by atoms with Crippen LogP contribution in [0.1, 0.15) is 50.7 Å². The fourth-order valence-corrected chi connectivity index (χ4v) is 4.07. The van der Waals surface area contributed by atoms with E-state index in [1.165, 1.54) is 9.87 Å². The number of rotatable bonds is 6. The maximum absolute atomic E-state index is 12.1. The summed E-state index contributed by atoms with van der Waals surface area (Å²) >= 11 is 0. The molecule has 2 rings (SSSR count). The Morgan fingerprint density at radius 3 is 2.56 bits per heavy atom. The molecule has 0 aromatic heterocycles. The van der Waals surface area contributed by atoms with E-state index in [1.54, 1.807) is 6.92 Å². The number of nitrogens with one attached hydrogen (secondary N) is 2. The number of urea groups is 1. The SMILES string of the molecule is CCS(=O)(=O)N1CCC(NC(=O)NCc2cccc(C(C)C)c2)CC1. The molecule has 1 aliphatic heterocycles. The fourth-order valence-electron chi connectivity index (χ4n) is 2.94. The van der Waals surface area contributed by atoms with Crippen LogP contribution in [0.4, 0.5) is 4.79 Å². The Balaban J connectivity index is 1.77. The van der Waals surface area contributed by atoms with Gasteiger partial charge in [0, 0.05) is 25.7 Å². The van der Waals surface area contributed by atoms with Crippen LogP contribution in [0.15, 0.2) is 24.3 Å². The number of piperidine rings is 1. The maximum Gasteiger partial charge on any atom is 0.315 e. The molecule has 1 aromatic carbocycles. The molecule has 2 N–H and O–H groups in total. The van der Waals surface area contributed by atoms with Crippen molar-refractivity contribution in [1.82, 2.24) is 14.9 Å². The van der Waals surface area contributed by atoms with E-state index in [4.69, 9.17) is 0 Å². The van der Waals surface area contributed by atoms with E-state index in [2.05, 4.69) is 36.6 Å². The monoisotopic (exact) mass is 367 g/mol. The van der Waals surface area contributed by atoms with Crippen LogP contribution in [-0.4, -0.2) is 43.6 Å². The van der Waals surface area contributed by atoms with E-state index >= 15 is 0 Å². The van der Waals surface area contributed by atoms with Crippen molar-refractivity contribution in [1.29, 1.82) is 0 Å². The predicted octanol–water partition coefficient (Wildman–Crippen LogP) is 2.42. The highest BCUT2D eigenvalue weighted by atomic mass is 32.2. The molecule has 7 heteroatoms. The Kier molecular flexibility index (Phi) is 6.84. The fraction of sp³-hybridized carbons (Fsp3) is 0.611. The maximum atomic E-state index is 12.1. The molecule has 1 heterocycles. The normalized spacial score (nSPS) is 16.8. The average molecular weight is 368 g/mol. The third-order valence-electron chi connectivity index (χ3n) is 4.62. The first-order chi connectivity index (χ1) is 11.8. The van der Waals surface area contributed by atoms with Gasteiger partial charge in [-0.3, -0.25) is 0 Å². The van der Waals surface area contributed by atoms with Crippen molar-refractivity contribution in [3.05, 3.63) is 35.4 Å². The molecule has 0 saturated carbocycles. The summed E-state index contributed by atoms with van der Waals surface area (Å²) in [5, 5.41) is 5.83. The van der Waals surface area contributed by atoms with E-state index in [0.29, 0.717) is 38.4 Å². The third-order valence-corrected chi connectivity index (χ3v) is 6.50. The predicted molar refractivity (Wildman–Crippen MR) is 100.0 cm³/mol. The molecule has 0 aliphatic carbocycles. The van der Waals surface area contributed by atoms with Crippen LogP contribution < -0.4 is 10.6 Å². The highest BCUT2D eigenvalue weighted by Crippen LogP contribution is 2.16. The molecule has 1 aliphatic rings. The second-order valence-corrected chi connectivity index (χ2v) is 9.06. The molecular weight excluding hydrogens is 338 g/mol. The zero-order valence-corrected chi connectivity index (χ0v) is 16.1. The van der Waals surface area contributed by atoms with E-state index in [0.717, 1.165) is 5.56 Å². The molecule has 0 atom stereocenters. The number of hydrogen-bond donors (Lipinski definition) is 2. The van der Waals surface area contributed by atoms with Crippen LogP contribution in [0, 0.1) is 0 Å². The lowest BCUT2D eigenvalue weighted by atomic mass is 10.0. The first-order valence-electron chi connectivity index (χ1n) is 8.93. The number of nitrogens with zero attached hydrogens (tertiary/aromatic N) is 1. The van der Waals surface area contributed by atoms with Gasteiger partial charge in [-0.1, -0.05) is 38.1 Å². The Labute approximate surface area is 151 Å². The van der Waals surface area contributed by atoms with Gasteiger partial charge in [0.2, 0.25) is 10.0 Å². The van der Waals surface area contributed by atoms with Crippen LogP contribution in [0.25, 0.3) is 0 Å². The number of sulfonamides is 1. The van der Waals surface area contributed by atoms with Crippen LogP contribution in [0.3, 0.4) is 0 Å². The van der Waals surface area contributed by atoms with Gasteiger partial charge in [0.05, 0.1) is 5.75 Å². The summed E-state index contributed by atoms with van der Waals surface area (Å²) < 4.78 is 25.2. The van der Waals surface area contributed by atoms with Crippen molar-refractivity contribution in [2.24, 2.45) is 0 Å². The van der Waals surface area contributed by atoms with Crippen LogP contribution in [0.5, 0.6) is 0 Å². The van der Waals surface area contributed by atoms with E-state index < -0.39 is 10.0 Å². The lowest BCUT2D eigenvalue weighted by molar-refractivity contribution is 0.227. The summed E-state index contributed by atoms with van der Waals surface area (Å²) in [5.74, 6) is 0.583. The summed E-state index contributed by atoms with van der Waals surface area (Å²) in [6.07, 6.45) is 1.30. The van der Waals surface area contributed by atoms with Gasteiger partial charge in [0.1, 0.15) is 0 Å². The van der Waals surface area contributed by atoms with Crippen LogP contribution >= 0.6 is 0 Å². The molecule has 140 valence electrons. The minimum absolute atomic E-state index is 0.0188. The average Bonchev–Trinajstić information content (AvgIpc) is 2.60. The second-order valence-electron chi connectivity index (χ2n) is 6.80. The highest BCUT2D eigenvalue weighted by molar-refractivity contribution is 7.89. The topological polar surface area (TPSA) is 78.5 Å². The van der Waals surface area contributed by atoms with Gasteiger partial charge in [-0.05, 0) is 36.8 Å². The number of hydrogen-bond acceptors (Lipinski definition) is 3. The molecule has 2 amide bonds. The van der Waals surface area contributed by atoms with Gasteiger partial charge in [-0.2, -0.15) is 0 Å². The quantitative estimate of drug-likeness (QED) is 0.810. The summed E-state index contributed by atoms with van der Waals surface area (Å²) in [6.45, 7) is 7.36. The van der Waals surface area contributed by atoms with Gasteiger partial charge >= 0.3 is 6.03 Å². The second kappa shape index (κ2) is 8.67. The first kappa shape index (κ1) is 19.7. The number of carbonyl (C=O) groups is 1. The number of amides is 2. The standard InChI is InChI=1S/C18H29N3O3S/c1-4-25(23,24)21-10-8-17(9-11-21)20-18(22)19-13-15-6-5-7-16(12-15)14(2)3/h5-7,12,14,17H,4,8-11,13H2,1-3H3,(H2,19,20,22). The summed E-state index contributed by atoms with van der Waals surface area (Å²) in [4.78, 5) is 12.1. The zero-order chi connectivity index (χ0) is 18.4. The Morgan fingerprint density at radius 1 is 1.28 bits per heavy atom. The summed E-state index contributed by atoms with van der Waals surface area (Å²) in [5.41, 5.74) is 2.33. The van der Waals surface area contributed by atoms with E-state index in [-0.39, 0.29) is 17.8 Å². The molecular formula is C18H29N3O3S. The number of benzene rings is 1. The van der Waals surface area contributed by atoms with Crippen LogP contribution in [0.2, 0.25) is 0 Å². The van der Waals surface area contributed by atoms with Crippen molar-refractivity contribution in [2.75, 3.05) is 18.8 Å². The largest absolute Gasteiger partial charge is 0.335 e. The molecule has 0 radical (unpaired) electrons. The summed E-state index contributed by atoms with van der Waals surface area (Å²) in [6, 6.07) is 8.02. The Hall–Kier alpha value is -1.60. The van der Waals surface area contributed by atoms with E-state index in [9.17, 15) is 13.2 Å². The molecule has 1 fully saturated rings. The Morgan fingerprint density at radius 2 is 1.96 bits per heavy atom. The molecule has 6 nitrogen and oxygen atoms in total. The minimum atomic E-state index is -3.13. The van der Waals surface area contributed by atoms with Crippen molar-refractivity contribution in [2.45, 2.75) is 52.1 Å². The van der Waals surface area contributed by atoms with Gasteiger partial charge in [0.15, 0.2) is 0 Å². The van der Waals surface area contributed by atoms with Gasteiger partial charge in [-0.15, -0.1) is 0 Å². The third kappa shape index (κ3) is 5.71. The molecule has 0 bridgehead atoms. The first-order valence-corrected chi connectivity index (χ1v) is 10.5. The lowest BCUT2D eigenvalue weighted by Gasteiger charge is -2.31. The van der Waals surface area contributed by atoms with Crippen molar-refractivity contribution in [3.8, 4) is 0 Å². The highest BCUT2D eigenvalue weighted by Gasteiger charge is 2.27. The van der Waals surface area contributed by atoms with Crippen molar-refractivity contribution in [3.63, 3.8) is 0 Å². The molecule has 25 heavy (non-hydrogen) atoms. The summed E-state index contributed by atoms with van der Waals surface area (Å²) in [7, 11) is -3.13. The number of carbonyl (C=O) groups excluding carboxylic acids is 1. The van der Waals surface area contributed by atoms with Gasteiger partial charge in [0.25, 0.3) is 0 Å². The molecule has 1 saturated heterocycles.